The molecule has 1 heterocycles. The highest BCUT2D eigenvalue weighted by molar-refractivity contribution is 5.42. The van der Waals surface area contributed by atoms with Gasteiger partial charge in [0, 0.05) is 12.6 Å². The topological polar surface area (TPSA) is 62.7 Å². The third kappa shape index (κ3) is 1.85. The van der Waals surface area contributed by atoms with E-state index in [2.05, 4.69) is 17.1 Å². The molecule has 1 aliphatic carbocycles. The Morgan fingerprint density at radius 1 is 1.57 bits per heavy atom. The van der Waals surface area contributed by atoms with Crippen molar-refractivity contribution < 1.29 is 0 Å². The van der Waals surface area contributed by atoms with E-state index in [1.54, 1.807) is 0 Å². The van der Waals surface area contributed by atoms with E-state index in [4.69, 9.17) is 11.0 Å². The van der Waals surface area contributed by atoms with Gasteiger partial charge < -0.3 is 5.73 Å². The molecular formula is C11H13N3. The lowest BCUT2D eigenvalue weighted by Crippen LogP contribution is -1.99. The minimum atomic E-state index is 0.514. The number of nitriles is 1. The second-order valence-electron chi connectivity index (χ2n) is 3.75. The molecule has 14 heavy (non-hydrogen) atoms. The normalized spacial score (nSPS) is 15.1. The van der Waals surface area contributed by atoms with E-state index in [-0.39, 0.29) is 0 Å². The van der Waals surface area contributed by atoms with Crippen molar-refractivity contribution in [3.05, 3.63) is 23.4 Å². The smallest absolute Gasteiger partial charge is 0.126 e. The first-order valence-electron chi connectivity index (χ1n) is 4.92. The number of nitrogens with zero attached hydrogens (tertiary/aromatic N) is 2. The number of anilines is 1. The highest BCUT2D eigenvalue weighted by atomic mass is 14.8. The van der Waals surface area contributed by atoms with E-state index >= 15 is 0 Å². The highest BCUT2D eigenvalue weighted by Crippen LogP contribution is 2.40. The van der Waals surface area contributed by atoms with Gasteiger partial charge in [-0.05, 0) is 36.3 Å². The van der Waals surface area contributed by atoms with Crippen molar-refractivity contribution in [3.8, 4) is 6.07 Å². The van der Waals surface area contributed by atoms with Gasteiger partial charge in [0.25, 0.3) is 0 Å². The van der Waals surface area contributed by atoms with Crippen LogP contribution in [-0.2, 0) is 6.42 Å². The van der Waals surface area contributed by atoms with Crippen LogP contribution in [0.5, 0.6) is 0 Å². The molecule has 0 aliphatic heterocycles. The van der Waals surface area contributed by atoms with Crippen LogP contribution in [0.4, 0.5) is 5.82 Å². The summed E-state index contributed by atoms with van der Waals surface area (Å²) in [5, 5.41) is 8.50. The summed E-state index contributed by atoms with van der Waals surface area (Å²) in [4.78, 5) is 4.16. The van der Waals surface area contributed by atoms with Gasteiger partial charge in [-0.15, -0.1) is 0 Å². The summed E-state index contributed by atoms with van der Waals surface area (Å²) >= 11 is 0. The molecule has 1 saturated carbocycles. The molecule has 72 valence electrons. The Bertz CT molecular complexity index is 375. The third-order valence-corrected chi connectivity index (χ3v) is 2.58. The van der Waals surface area contributed by atoms with Crippen molar-refractivity contribution in [3.63, 3.8) is 0 Å². The van der Waals surface area contributed by atoms with Crippen molar-refractivity contribution in [2.24, 2.45) is 0 Å². The van der Waals surface area contributed by atoms with Crippen molar-refractivity contribution in [2.75, 3.05) is 5.73 Å². The lowest BCUT2D eigenvalue weighted by atomic mass is 10.1. The average Bonchev–Trinajstić information content (AvgIpc) is 3.00. The fourth-order valence-electron chi connectivity index (χ4n) is 1.57. The Hall–Kier alpha value is -1.56. The minimum Gasteiger partial charge on any atom is -0.383 e. The number of aryl methyl sites for hydroxylation is 1. The van der Waals surface area contributed by atoms with E-state index < -0.39 is 0 Å². The van der Waals surface area contributed by atoms with Gasteiger partial charge in [0.05, 0.1) is 6.07 Å². The standard InChI is InChI=1S/C11H13N3/c12-5-1-2-9-6-10(8-3-4-8)7-14-11(9)13/h6-8H,1-4H2,(H2,13,14). The Labute approximate surface area is 83.6 Å². The molecule has 3 nitrogen and oxygen atoms in total. The summed E-state index contributed by atoms with van der Waals surface area (Å²) in [5.74, 6) is 1.27. The Balaban J connectivity index is 2.19. The zero-order chi connectivity index (χ0) is 9.97. The quantitative estimate of drug-likeness (QED) is 0.787. The maximum absolute atomic E-state index is 8.50. The molecule has 3 heteroatoms. The lowest BCUT2D eigenvalue weighted by Gasteiger charge is -2.05. The van der Waals surface area contributed by atoms with Crippen LogP contribution in [0, 0.1) is 11.3 Å². The molecule has 0 amide bonds. The number of pyridine rings is 1. The van der Waals surface area contributed by atoms with Crippen molar-refractivity contribution >= 4 is 5.82 Å². The van der Waals surface area contributed by atoms with E-state index in [0.29, 0.717) is 18.2 Å². The van der Waals surface area contributed by atoms with Gasteiger partial charge in [0.15, 0.2) is 0 Å². The van der Waals surface area contributed by atoms with Gasteiger partial charge in [-0.3, -0.25) is 0 Å². The first-order chi connectivity index (χ1) is 6.81. The molecule has 1 aromatic heterocycles. The number of rotatable bonds is 3. The van der Waals surface area contributed by atoms with Crippen molar-refractivity contribution in [1.29, 1.82) is 5.26 Å². The number of hydrogen-bond acceptors (Lipinski definition) is 3. The van der Waals surface area contributed by atoms with Crippen LogP contribution in [0.15, 0.2) is 12.3 Å². The molecular weight excluding hydrogens is 174 g/mol. The van der Waals surface area contributed by atoms with E-state index in [1.807, 2.05) is 6.20 Å². The van der Waals surface area contributed by atoms with Crippen LogP contribution >= 0.6 is 0 Å². The molecule has 1 aliphatic rings. The van der Waals surface area contributed by atoms with Crippen LogP contribution in [-0.4, -0.2) is 4.98 Å². The molecule has 0 atom stereocenters. The highest BCUT2D eigenvalue weighted by Gasteiger charge is 2.24. The molecule has 0 aromatic carbocycles. The fraction of sp³-hybridized carbons (Fsp3) is 0.455. The Morgan fingerprint density at radius 3 is 3.00 bits per heavy atom. The first-order valence-corrected chi connectivity index (χ1v) is 4.92. The van der Waals surface area contributed by atoms with Crippen LogP contribution < -0.4 is 5.73 Å². The second kappa shape index (κ2) is 3.67. The molecule has 0 radical (unpaired) electrons. The zero-order valence-corrected chi connectivity index (χ0v) is 8.03. The molecule has 2 N–H and O–H groups in total. The predicted octanol–water partition coefficient (Wildman–Crippen LogP) is 2.00. The summed E-state index contributed by atoms with van der Waals surface area (Å²) < 4.78 is 0. The number of hydrogen-bond donors (Lipinski definition) is 1. The second-order valence-corrected chi connectivity index (χ2v) is 3.75. The van der Waals surface area contributed by atoms with Gasteiger partial charge in [-0.25, -0.2) is 4.98 Å². The molecule has 0 spiro atoms. The Morgan fingerprint density at radius 2 is 2.36 bits per heavy atom. The zero-order valence-electron chi connectivity index (χ0n) is 8.03. The average molecular weight is 187 g/mol. The van der Waals surface area contributed by atoms with Crippen LogP contribution in [0.1, 0.15) is 36.3 Å². The van der Waals surface area contributed by atoms with Crippen LogP contribution in [0.2, 0.25) is 0 Å². The Kier molecular flexibility index (Phi) is 2.36. The van der Waals surface area contributed by atoms with Gasteiger partial charge in [0.1, 0.15) is 5.82 Å². The van der Waals surface area contributed by atoms with Gasteiger partial charge in [-0.2, -0.15) is 5.26 Å². The molecule has 1 fully saturated rings. The molecule has 1 aromatic rings. The van der Waals surface area contributed by atoms with Crippen molar-refractivity contribution in [1.82, 2.24) is 4.98 Å². The first kappa shape index (κ1) is 9.01. The number of nitrogen functional groups attached to an aromatic ring is 1. The third-order valence-electron chi connectivity index (χ3n) is 2.58. The van der Waals surface area contributed by atoms with E-state index in [9.17, 15) is 0 Å². The fourth-order valence-corrected chi connectivity index (χ4v) is 1.57. The molecule has 0 unspecified atom stereocenters. The summed E-state index contributed by atoms with van der Waals surface area (Å²) in [6.45, 7) is 0. The maximum atomic E-state index is 8.50. The predicted molar refractivity (Wildman–Crippen MR) is 54.6 cm³/mol. The monoisotopic (exact) mass is 187 g/mol. The van der Waals surface area contributed by atoms with Gasteiger partial charge >= 0.3 is 0 Å². The van der Waals surface area contributed by atoms with Gasteiger partial charge in [0.2, 0.25) is 0 Å². The largest absolute Gasteiger partial charge is 0.383 e. The SMILES string of the molecule is N#CCCc1cc(C2CC2)cnc1N. The van der Waals surface area contributed by atoms with Crippen molar-refractivity contribution in [2.45, 2.75) is 31.6 Å². The number of aromatic nitrogens is 1. The summed E-state index contributed by atoms with van der Waals surface area (Å²) in [6, 6.07) is 4.23. The minimum absolute atomic E-state index is 0.514. The van der Waals surface area contributed by atoms with Crippen LogP contribution in [0.25, 0.3) is 0 Å². The van der Waals surface area contributed by atoms with E-state index in [0.717, 1.165) is 12.0 Å². The van der Waals surface area contributed by atoms with Crippen LogP contribution in [0.3, 0.4) is 0 Å². The summed E-state index contributed by atoms with van der Waals surface area (Å²) in [5.41, 5.74) is 8.04. The van der Waals surface area contributed by atoms with Gasteiger partial charge in [-0.1, -0.05) is 6.07 Å². The summed E-state index contributed by atoms with van der Waals surface area (Å²) in [6.07, 6.45) is 5.63. The number of nitrogens with two attached hydrogens (primary N) is 1. The maximum Gasteiger partial charge on any atom is 0.126 e. The molecule has 0 saturated heterocycles. The lowest BCUT2D eigenvalue weighted by molar-refractivity contribution is 0.981. The molecule has 0 bridgehead atoms. The molecule has 2 rings (SSSR count). The summed E-state index contributed by atoms with van der Waals surface area (Å²) in [7, 11) is 0. The van der Waals surface area contributed by atoms with E-state index in [1.165, 1.54) is 18.4 Å².